The van der Waals surface area contributed by atoms with Gasteiger partial charge in [0, 0.05) is 16.2 Å². The largest absolute Gasteiger partial charge is 0.492 e. The summed E-state index contributed by atoms with van der Waals surface area (Å²) in [5.74, 6) is 1.62. The molecule has 0 aliphatic rings. The van der Waals surface area contributed by atoms with Crippen LogP contribution in [0.1, 0.15) is 16.1 Å². The van der Waals surface area contributed by atoms with Crippen molar-refractivity contribution in [1.82, 2.24) is 5.32 Å². The Morgan fingerprint density at radius 3 is 2.48 bits per heavy atom. The molecule has 0 bridgehead atoms. The van der Waals surface area contributed by atoms with Crippen LogP contribution in [0, 0.1) is 0 Å². The lowest BCUT2D eigenvalue weighted by molar-refractivity contribution is 0.0918. The van der Waals surface area contributed by atoms with Gasteiger partial charge in [-0.25, -0.2) is 0 Å². The van der Waals surface area contributed by atoms with Gasteiger partial charge in [-0.15, -0.1) is 11.8 Å². The Kier molecular flexibility index (Phi) is 6.17. The summed E-state index contributed by atoms with van der Waals surface area (Å²) in [4.78, 5) is 13.4. The van der Waals surface area contributed by atoms with E-state index in [0.29, 0.717) is 24.7 Å². The lowest BCUT2D eigenvalue weighted by Gasteiger charge is -2.07. The van der Waals surface area contributed by atoms with Crippen LogP contribution >= 0.6 is 11.8 Å². The molecule has 1 N–H and O–H groups in total. The first kappa shape index (κ1) is 17.2. The average molecular weight is 353 g/mol. The summed E-state index contributed by atoms with van der Waals surface area (Å²) in [6.45, 7) is 0.824. The lowest BCUT2D eigenvalue weighted by Crippen LogP contribution is -2.28. The molecule has 1 heterocycles. The number of ether oxygens (including phenoxy) is 1. The number of rotatable bonds is 8. The van der Waals surface area contributed by atoms with Crippen LogP contribution in [0.4, 0.5) is 0 Å². The Morgan fingerprint density at radius 1 is 1.00 bits per heavy atom. The monoisotopic (exact) mass is 353 g/mol. The quantitative estimate of drug-likeness (QED) is 0.482. The Labute approximate surface area is 151 Å². The molecular formula is C20H19NO3S. The zero-order valence-electron chi connectivity index (χ0n) is 13.7. The zero-order valence-corrected chi connectivity index (χ0v) is 14.5. The summed E-state index contributed by atoms with van der Waals surface area (Å²) in [6.07, 6.45) is 1.55. The van der Waals surface area contributed by atoms with Gasteiger partial charge in [0.15, 0.2) is 5.76 Å². The summed E-state index contributed by atoms with van der Waals surface area (Å²) in [6, 6.07) is 21.4. The van der Waals surface area contributed by atoms with Gasteiger partial charge in [0.05, 0.1) is 12.8 Å². The number of furan rings is 1. The third-order valence-corrected chi connectivity index (χ3v) is 4.55. The highest BCUT2D eigenvalue weighted by molar-refractivity contribution is 7.98. The van der Waals surface area contributed by atoms with Crippen LogP contribution in [0.25, 0.3) is 0 Å². The first-order valence-corrected chi connectivity index (χ1v) is 9.02. The molecule has 3 aromatic rings. The van der Waals surface area contributed by atoms with Crippen molar-refractivity contribution in [1.29, 1.82) is 0 Å². The molecule has 1 amide bonds. The van der Waals surface area contributed by atoms with Gasteiger partial charge in [0.2, 0.25) is 0 Å². The lowest BCUT2D eigenvalue weighted by atomic mass is 10.2. The van der Waals surface area contributed by atoms with Crippen molar-refractivity contribution in [3.8, 4) is 5.75 Å². The molecule has 0 radical (unpaired) electrons. The molecule has 0 fully saturated rings. The maximum absolute atomic E-state index is 12.3. The summed E-state index contributed by atoms with van der Waals surface area (Å²) in [5.41, 5.74) is 0.885. The third-order valence-electron chi connectivity index (χ3n) is 3.49. The molecule has 0 aliphatic carbocycles. The predicted molar refractivity (Wildman–Crippen MR) is 99.0 cm³/mol. The molecule has 0 saturated carbocycles. The van der Waals surface area contributed by atoms with E-state index < -0.39 is 0 Å². The van der Waals surface area contributed by atoms with Crippen LogP contribution in [0.2, 0.25) is 0 Å². The van der Waals surface area contributed by atoms with Crippen LogP contribution in [0.5, 0.6) is 5.75 Å². The fraction of sp³-hybridized carbons (Fsp3) is 0.150. The Hall–Kier alpha value is -2.66. The highest BCUT2D eigenvalue weighted by Gasteiger charge is 2.15. The van der Waals surface area contributed by atoms with Gasteiger partial charge >= 0.3 is 0 Å². The summed E-state index contributed by atoms with van der Waals surface area (Å²) in [7, 11) is 0. The first-order valence-electron chi connectivity index (χ1n) is 8.03. The van der Waals surface area contributed by atoms with Crippen LogP contribution in [0.3, 0.4) is 0 Å². The summed E-state index contributed by atoms with van der Waals surface area (Å²) in [5, 5.41) is 2.83. The van der Waals surface area contributed by atoms with Crippen molar-refractivity contribution in [3.05, 3.63) is 84.3 Å². The minimum absolute atomic E-state index is 0.217. The van der Waals surface area contributed by atoms with E-state index in [-0.39, 0.29) is 5.91 Å². The topological polar surface area (TPSA) is 51.5 Å². The van der Waals surface area contributed by atoms with Gasteiger partial charge in [-0.1, -0.05) is 36.4 Å². The second-order valence-corrected chi connectivity index (χ2v) is 6.34. The zero-order chi connectivity index (χ0) is 17.3. The SMILES string of the molecule is O=C(NCCOc1ccccc1)c1occc1CSc1ccccc1. The molecule has 3 rings (SSSR count). The number of amides is 1. The molecule has 0 unspecified atom stereocenters. The number of nitrogens with one attached hydrogen (secondary N) is 1. The number of carbonyl (C=O) groups excluding carboxylic acids is 1. The second kappa shape index (κ2) is 8.99. The number of carbonyl (C=O) groups is 1. The van der Waals surface area contributed by atoms with Crippen LogP contribution in [-0.2, 0) is 5.75 Å². The summed E-state index contributed by atoms with van der Waals surface area (Å²) < 4.78 is 10.9. The van der Waals surface area contributed by atoms with Gasteiger partial charge in [0.25, 0.3) is 5.91 Å². The fourth-order valence-corrected chi connectivity index (χ4v) is 3.16. The highest BCUT2D eigenvalue weighted by Crippen LogP contribution is 2.24. The van der Waals surface area contributed by atoms with Crippen molar-refractivity contribution < 1.29 is 13.9 Å². The third kappa shape index (κ3) is 5.16. The van der Waals surface area contributed by atoms with E-state index in [2.05, 4.69) is 5.32 Å². The molecule has 4 nitrogen and oxygen atoms in total. The maximum atomic E-state index is 12.3. The second-order valence-electron chi connectivity index (χ2n) is 5.29. The Balaban J connectivity index is 1.47. The predicted octanol–water partition coefficient (Wildman–Crippen LogP) is 4.38. The Morgan fingerprint density at radius 2 is 1.72 bits per heavy atom. The van der Waals surface area contributed by atoms with Gasteiger partial charge in [-0.2, -0.15) is 0 Å². The number of para-hydroxylation sites is 1. The van der Waals surface area contributed by atoms with E-state index >= 15 is 0 Å². The molecule has 0 spiro atoms. The van der Waals surface area contributed by atoms with Crippen molar-refractivity contribution in [3.63, 3.8) is 0 Å². The van der Waals surface area contributed by atoms with Gasteiger partial charge in [-0.05, 0) is 30.3 Å². The molecule has 25 heavy (non-hydrogen) atoms. The minimum Gasteiger partial charge on any atom is -0.492 e. The van der Waals surface area contributed by atoms with Crippen molar-refractivity contribution >= 4 is 17.7 Å². The molecule has 0 atom stereocenters. The maximum Gasteiger partial charge on any atom is 0.287 e. The fourth-order valence-electron chi connectivity index (χ4n) is 2.26. The van der Waals surface area contributed by atoms with Gasteiger partial charge < -0.3 is 14.5 Å². The van der Waals surface area contributed by atoms with Crippen molar-refractivity contribution in [2.45, 2.75) is 10.6 Å². The molecule has 1 aromatic heterocycles. The number of hydrogen-bond donors (Lipinski definition) is 1. The van der Waals surface area contributed by atoms with Crippen LogP contribution in [0.15, 0.2) is 82.3 Å². The van der Waals surface area contributed by atoms with E-state index in [1.165, 1.54) is 0 Å². The van der Waals surface area contributed by atoms with Crippen molar-refractivity contribution in [2.24, 2.45) is 0 Å². The van der Waals surface area contributed by atoms with E-state index in [1.54, 1.807) is 18.0 Å². The van der Waals surface area contributed by atoms with E-state index in [4.69, 9.17) is 9.15 Å². The highest BCUT2D eigenvalue weighted by atomic mass is 32.2. The molecule has 2 aromatic carbocycles. The number of hydrogen-bond acceptors (Lipinski definition) is 4. The number of benzene rings is 2. The minimum atomic E-state index is -0.217. The number of thioether (sulfide) groups is 1. The van der Waals surface area contributed by atoms with Crippen molar-refractivity contribution in [2.75, 3.05) is 13.2 Å². The standard InChI is InChI=1S/C20H19NO3S/c22-20(21-12-14-23-17-7-3-1-4-8-17)19-16(11-13-24-19)15-25-18-9-5-2-6-10-18/h1-11,13H,12,14-15H2,(H,21,22). The van der Waals surface area contributed by atoms with E-state index in [0.717, 1.165) is 16.2 Å². The molecule has 0 saturated heterocycles. The summed E-state index contributed by atoms with van der Waals surface area (Å²) >= 11 is 1.67. The molecule has 0 aliphatic heterocycles. The van der Waals surface area contributed by atoms with Crippen LogP contribution < -0.4 is 10.1 Å². The smallest absolute Gasteiger partial charge is 0.287 e. The molecular weight excluding hydrogens is 334 g/mol. The van der Waals surface area contributed by atoms with E-state index in [9.17, 15) is 4.79 Å². The Bertz CT molecular complexity index is 787. The first-order chi connectivity index (χ1) is 12.3. The van der Waals surface area contributed by atoms with E-state index in [1.807, 2.05) is 66.7 Å². The van der Waals surface area contributed by atoms with Crippen LogP contribution in [-0.4, -0.2) is 19.1 Å². The van der Waals surface area contributed by atoms with Gasteiger partial charge in [0.1, 0.15) is 12.4 Å². The average Bonchev–Trinajstić information content (AvgIpc) is 3.14. The molecule has 5 heteroatoms. The molecule has 128 valence electrons. The van der Waals surface area contributed by atoms with Gasteiger partial charge in [-0.3, -0.25) is 4.79 Å². The normalized spacial score (nSPS) is 10.4.